The molecule has 1 unspecified atom stereocenters. The summed E-state index contributed by atoms with van der Waals surface area (Å²) in [5.41, 5.74) is 3.43. The van der Waals surface area contributed by atoms with E-state index in [0.717, 1.165) is 29.7 Å². The number of nitrogens with one attached hydrogen (secondary N) is 2. The lowest BCUT2D eigenvalue weighted by Gasteiger charge is -2.15. The third-order valence-electron chi connectivity index (χ3n) is 4.67. The number of fused-ring (bicyclic) bond motifs is 1. The van der Waals surface area contributed by atoms with Crippen molar-refractivity contribution < 1.29 is 14.7 Å². The summed E-state index contributed by atoms with van der Waals surface area (Å²) in [6.45, 7) is 2.36. The molecule has 0 saturated carbocycles. The number of hydrogen-bond donors (Lipinski definition) is 3. The van der Waals surface area contributed by atoms with Gasteiger partial charge in [0.15, 0.2) is 0 Å². The van der Waals surface area contributed by atoms with Gasteiger partial charge in [-0.25, -0.2) is 4.98 Å². The molecule has 1 saturated heterocycles. The van der Waals surface area contributed by atoms with Crippen molar-refractivity contribution >= 4 is 34.2 Å². The van der Waals surface area contributed by atoms with Crippen molar-refractivity contribution in [2.75, 3.05) is 16.8 Å². The van der Waals surface area contributed by atoms with Gasteiger partial charge in [0, 0.05) is 29.9 Å². The van der Waals surface area contributed by atoms with Crippen LogP contribution in [0.25, 0.3) is 11.0 Å². The first-order chi connectivity index (χ1) is 13.0. The van der Waals surface area contributed by atoms with Crippen LogP contribution in [0.4, 0.5) is 11.4 Å². The summed E-state index contributed by atoms with van der Waals surface area (Å²) in [5, 5.41) is 12.5. The van der Waals surface area contributed by atoms with E-state index in [4.69, 9.17) is 0 Å². The molecule has 0 aliphatic carbocycles. The number of amides is 2. The van der Waals surface area contributed by atoms with Crippen LogP contribution in [-0.2, 0) is 4.79 Å². The molecule has 3 aromatic rings. The molecule has 138 valence electrons. The fourth-order valence-corrected chi connectivity index (χ4v) is 3.22. The maximum atomic E-state index is 12.5. The number of aliphatic hydroxyl groups is 1. The molecule has 2 aromatic carbocycles. The predicted octanol–water partition coefficient (Wildman–Crippen LogP) is 3.00. The number of imidazole rings is 1. The summed E-state index contributed by atoms with van der Waals surface area (Å²) in [6, 6.07) is 12.4. The van der Waals surface area contributed by atoms with Crippen LogP contribution in [0.2, 0.25) is 0 Å². The fourth-order valence-electron chi connectivity index (χ4n) is 3.22. The maximum Gasteiger partial charge on any atom is 0.255 e. The Bertz CT molecular complexity index is 1010. The summed E-state index contributed by atoms with van der Waals surface area (Å²) < 4.78 is 0. The van der Waals surface area contributed by atoms with Crippen LogP contribution in [0.15, 0.2) is 42.5 Å². The molecule has 7 nitrogen and oxygen atoms in total. The van der Waals surface area contributed by atoms with E-state index in [1.165, 1.54) is 0 Å². The van der Waals surface area contributed by atoms with Gasteiger partial charge in [0.05, 0.1) is 11.0 Å². The van der Waals surface area contributed by atoms with E-state index in [2.05, 4.69) is 15.3 Å². The molecule has 2 amide bonds. The van der Waals surface area contributed by atoms with Gasteiger partial charge in [0.1, 0.15) is 11.9 Å². The minimum atomic E-state index is -0.684. The summed E-state index contributed by atoms with van der Waals surface area (Å²) in [6.07, 6.45) is 0.764. The molecule has 27 heavy (non-hydrogen) atoms. The van der Waals surface area contributed by atoms with Crippen molar-refractivity contribution in [1.29, 1.82) is 0 Å². The number of aromatic nitrogens is 2. The number of carbonyl (C=O) groups is 2. The van der Waals surface area contributed by atoms with Crippen LogP contribution in [0, 0.1) is 0 Å². The number of anilines is 2. The average molecular weight is 364 g/mol. The highest BCUT2D eigenvalue weighted by Gasteiger charge is 2.21. The molecule has 0 bridgehead atoms. The van der Waals surface area contributed by atoms with Crippen molar-refractivity contribution in [3.8, 4) is 0 Å². The predicted molar refractivity (Wildman–Crippen MR) is 103 cm³/mol. The molecule has 3 N–H and O–H groups in total. The molecule has 2 heterocycles. The van der Waals surface area contributed by atoms with E-state index in [9.17, 15) is 14.7 Å². The second-order valence-electron chi connectivity index (χ2n) is 6.68. The largest absolute Gasteiger partial charge is 0.385 e. The van der Waals surface area contributed by atoms with Gasteiger partial charge in [-0.15, -0.1) is 0 Å². The molecule has 0 spiro atoms. The van der Waals surface area contributed by atoms with Crippen LogP contribution in [0.3, 0.4) is 0 Å². The third kappa shape index (κ3) is 3.41. The minimum Gasteiger partial charge on any atom is -0.385 e. The Labute approximate surface area is 156 Å². The van der Waals surface area contributed by atoms with Crippen molar-refractivity contribution in [2.24, 2.45) is 0 Å². The lowest BCUT2D eigenvalue weighted by Crippen LogP contribution is -2.23. The SMILES string of the molecule is CC(O)c1nc2ccc(NC(=O)c3ccc(N4CCCC4=O)cc3)cc2[nH]1. The number of H-pyrrole nitrogens is 1. The topological polar surface area (TPSA) is 98.3 Å². The molecule has 0 radical (unpaired) electrons. The Morgan fingerprint density at radius 3 is 2.70 bits per heavy atom. The van der Waals surface area contributed by atoms with Gasteiger partial charge in [-0.2, -0.15) is 0 Å². The smallest absolute Gasteiger partial charge is 0.255 e. The van der Waals surface area contributed by atoms with Crippen LogP contribution in [0.1, 0.15) is 42.1 Å². The zero-order valence-corrected chi connectivity index (χ0v) is 14.9. The number of benzene rings is 2. The lowest BCUT2D eigenvalue weighted by atomic mass is 10.1. The quantitative estimate of drug-likeness (QED) is 0.663. The van der Waals surface area contributed by atoms with Gasteiger partial charge in [-0.3, -0.25) is 9.59 Å². The highest BCUT2D eigenvalue weighted by molar-refractivity contribution is 6.05. The first-order valence-corrected chi connectivity index (χ1v) is 8.91. The molecule has 1 fully saturated rings. The van der Waals surface area contributed by atoms with Crippen LogP contribution >= 0.6 is 0 Å². The second kappa shape index (κ2) is 6.85. The highest BCUT2D eigenvalue weighted by atomic mass is 16.3. The lowest BCUT2D eigenvalue weighted by molar-refractivity contribution is -0.117. The van der Waals surface area contributed by atoms with E-state index in [1.807, 2.05) is 0 Å². The zero-order valence-electron chi connectivity index (χ0n) is 14.9. The van der Waals surface area contributed by atoms with E-state index < -0.39 is 6.10 Å². The number of aliphatic hydroxyl groups excluding tert-OH is 1. The van der Waals surface area contributed by atoms with E-state index in [0.29, 0.717) is 23.5 Å². The second-order valence-corrected chi connectivity index (χ2v) is 6.68. The Hall–Kier alpha value is -3.19. The van der Waals surface area contributed by atoms with Gasteiger partial charge in [-0.05, 0) is 55.8 Å². The zero-order chi connectivity index (χ0) is 19.0. The van der Waals surface area contributed by atoms with Crippen molar-refractivity contribution in [3.63, 3.8) is 0 Å². The Morgan fingerprint density at radius 1 is 1.26 bits per heavy atom. The van der Waals surface area contributed by atoms with E-state index in [1.54, 1.807) is 54.3 Å². The normalized spacial score (nSPS) is 15.3. The fraction of sp³-hybridized carbons (Fsp3) is 0.250. The number of nitrogens with zero attached hydrogens (tertiary/aromatic N) is 2. The van der Waals surface area contributed by atoms with Crippen LogP contribution in [-0.4, -0.2) is 33.4 Å². The summed E-state index contributed by atoms with van der Waals surface area (Å²) in [7, 11) is 0. The van der Waals surface area contributed by atoms with Crippen LogP contribution in [0.5, 0.6) is 0 Å². The number of rotatable bonds is 4. The third-order valence-corrected chi connectivity index (χ3v) is 4.67. The molecule has 1 aromatic heterocycles. The Morgan fingerprint density at radius 2 is 2.04 bits per heavy atom. The van der Waals surface area contributed by atoms with Gasteiger partial charge in [0.2, 0.25) is 5.91 Å². The maximum absolute atomic E-state index is 12.5. The summed E-state index contributed by atoms with van der Waals surface area (Å²) in [5.74, 6) is 0.376. The molecular weight excluding hydrogens is 344 g/mol. The van der Waals surface area contributed by atoms with Gasteiger partial charge in [0.25, 0.3) is 5.91 Å². The molecule has 1 atom stereocenters. The van der Waals surface area contributed by atoms with E-state index in [-0.39, 0.29) is 11.8 Å². The average Bonchev–Trinajstić information content (AvgIpc) is 3.27. The number of aromatic amines is 1. The first kappa shape index (κ1) is 17.2. The molecular formula is C20H20N4O3. The number of carbonyl (C=O) groups excluding carboxylic acids is 2. The standard InChI is InChI=1S/C20H20N4O3/c1-12(25)19-22-16-9-6-14(11-17(16)23-19)21-20(27)13-4-7-15(8-5-13)24-10-2-3-18(24)26/h4-9,11-12,25H,2-3,10H2,1H3,(H,21,27)(H,22,23). The first-order valence-electron chi connectivity index (χ1n) is 8.91. The van der Waals surface area contributed by atoms with Crippen molar-refractivity contribution in [2.45, 2.75) is 25.9 Å². The Kier molecular flexibility index (Phi) is 4.37. The monoisotopic (exact) mass is 364 g/mol. The summed E-state index contributed by atoms with van der Waals surface area (Å²) in [4.78, 5) is 33.4. The van der Waals surface area contributed by atoms with Gasteiger partial charge in [-0.1, -0.05) is 0 Å². The molecule has 7 heteroatoms. The molecule has 4 rings (SSSR count). The molecule has 1 aliphatic heterocycles. The minimum absolute atomic E-state index is 0.122. The van der Waals surface area contributed by atoms with Gasteiger partial charge < -0.3 is 20.3 Å². The van der Waals surface area contributed by atoms with Gasteiger partial charge >= 0.3 is 0 Å². The van der Waals surface area contributed by atoms with Crippen LogP contribution < -0.4 is 10.2 Å². The van der Waals surface area contributed by atoms with Crippen molar-refractivity contribution in [3.05, 3.63) is 53.9 Å². The summed E-state index contributed by atoms with van der Waals surface area (Å²) >= 11 is 0. The number of hydrogen-bond acceptors (Lipinski definition) is 4. The molecule has 1 aliphatic rings. The van der Waals surface area contributed by atoms with Crippen molar-refractivity contribution in [1.82, 2.24) is 9.97 Å². The Balaban J connectivity index is 1.50. The van der Waals surface area contributed by atoms with E-state index >= 15 is 0 Å². The highest BCUT2D eigenvalue weighted by Crippen LogP contribution is 2.23.